The van der Waals surface area contributed by atoms with Crippen LogP contribution in [0.2, 0.25) is 10.0 Å². The number of likely N-dealkylation sites (tertiary alicyclic amines) is 1. The zero-order valence-electron chi connectivity index (χ0n) is 15.1. The van der Waals surface area contributed by atoms with Crippen molar-refractivity contribution in [3.05, 3.63) is 33.8 Å². The SMILES string of the molecule is CC(C)(C)N1CC(C(=O)NCCNC(=O)c2ccc(Cl)c(Cl)c2)CC1=O. The Balaban J connectivity index is 1.76. The highest BCUT2D eigenvalue weighted by atomic mass is 35.5. The van der Waals surface area contributed by atoms with E-state index in [1.807, 2.05) is 20.8 Å². The maximum absolute atomic E-state index is 12.2. The van der Waals surface area contributed by atoms with Gasteiger partial charge in [0.15, 0.2) is 0 Å². The van der Waals surface area contributed by atoms with Gasteiger partial charge >= 0.3 is 0 Å². The van der Waals surface area contributed by atoms with Crippen LogP contribution in [0.4, 0.5) is 0 Å². The molecule has 142 valence electrons. The number of hydrogen-bond donors (Lipinski definition) is 2. The van der Waals surface area contributed by atoms with Crippen molar-refractivity contribution in [2.45, 2.75) is 32.7 Å². The molecule has 1 unspecified atom stereocenters. The second-order valence-corrected chi connectivity index (χ2v) is 8.07. The fourth-order valence-corrected chi connectivity index (χ4v) is 3.07. The lowest BCUT2D eigenvalue weighted by molar-refractivity contribution is -0.132. The van der Waals surface area contributed by atoms with E-state index in [1.54, 1.807) is 17.0 Å². The first-order chi connectivity index (χ1) is 12.1. The number of nitrogens with zero attached hydrogens (tertiary/aromatic N) is 1. The van der Waals surface area contributed by atoms with E-state index in [-0.39, 0.29) is 48.7 Å². The molecule has 1 atom stereocenters. The summed E-state index contributed by atoms with van der Waals surface area (Å²) in [4.78, 5) is 38.0. The third-order valence-corrected chi connectivity index (χ3v) is 4.94. The molecule has 1 aliphatic heterocycles. The van der Waals surface area contributed by atoms with E-state index in [2.05, 4.69) is 10.6 Å². The van der Waals surface area contributed by atoms with Gasteiger partial charge in [-0.2, -0.15) is 0 Å². The van der Waals surface area contributed by atoms with Gasteiger partial charge < -0.3 is 15.5 Å². The molecule has 0 spiro atoms. The number of hydrogen-bond acceptors (Lipinski definition) is 3. The predicted molar refractivity (Wildman–Crippen MR) is 101 cm³/mol. The minimum Gasteiger partial charge on any atom is -0.354 e. The van der Waals surface area contributed by atoms with Gasteiger partial charge in [-0.05, 0) is 39.0 Å². The Bertz CT molecular complexity index is 716. The molecular formula is C18H23Cl2N3O3. The summed E-state index contributed by atoms with van der Waals surface area (Å²) < 4.78 is 0. The molecule has 1 aliphatic rings. The molecule has 2 rings (SSSR count). The minimum absolute atomic E-state index is 0.00873. The van der Waals surface area contributed by atoms with Gasteiger partial charge in [0, 0.05) is 37.2 Å². The lowest BCUT2D eigenvalue weighted by Crippen LogP contribution is -2.43. The van der Waals surface area contributed by atoms with Crippen LogP contribution in [-0.2, 0) is 9.59 Å². The number of benzene rings is 1. The smallest absolute Gasteiger partial charge is 0.251 e. The summed E-state index contributed by atoms with van der Waals surface area (Å²) >= 11 is 11.7. The first kappa shape index (κ1) is 20.5. The molecule has 1 fully saturated rings. The monoisotopic (exact) mass is 399 g/mol. The highest BCUT2D eigenvalue weighted by Crippen LogP contribution is 2.25. The molecule has 6 nitrogen and oxygen atoms in total. The first-order valence-electron chi connectivity index (χ1n) is 8.41. The van der Waals surface area contributed by atoms with Crippen molar-refractivity contribution in [1.29, 1.82) is 0 Å². The number of halogens is 2. The van der Waals surface area contributed by atoms with E-state index in [9.17, 15) is 14.4 Å². The number of nitrogens with one attached hydrogen (secondary N) is 2. The summed E-state index contributed by atoms with van der Waals surface area (Å²) in [6, 6.07) is 4.62. The molecule has 2 N–H and O–H groups in total. The van der Waals surface area contributed by atoms with Gasteiger partial charge in [0.2, 0.25) is 11.8 Å². The maximum atomic E-state index is 12.2. The summed E-state index contributed by atoms with van der Waals surface area (Å²) in [7, 11) is 0. The van der Waals surface area contributed by atoms with Crippen LogP contribution in [0.5, 0.6) is 0 Å². The van der Waals surface area contributed by atoms with Crippen molar-refractivity contribution in [1.82, 2.24) is 15.5 Å². The largest absolute Gasteiger partial charge is 0.354 e. The standard InChI is InChI=1S/C18H23Cl2N3O3/c1-18(2,3)23-10-12(9-15(23)24)17(26)22-7-6-21-16(25)11-4-5-13(19)14(20)8-11/h4-5,8,12H,6-7,9-10H2,1-3H3,(H,21,25)(H,22,26). The molecule has 1 aromatic carbocycles. The quantitative estimate of drug-likeness (QED) is 0.746. The average Bonchev–Trinajstić information content (AvgIpc) is 2.96. The second-order valence-electron chi connectivity index (χ2n) is 7.25. The maximum Gasteiger partial charge on any atom is 0.251 e. The molecule has 0 aromatic heterocycles. The Morgan fingerprint density at radius 1 is 1.15 bits per heavy atom. The van der Waals surface area contributed by atoms with Crippen LogP contribution >= 0.6 is 23.2 Å². The topological polar surface area (TPSA) is 78.5 Å². The molecule has 1 saturated heterocycles. The van der Waals surface area contributed by atoms with Gasteiger partial charge in [-0.3, -0.25) is 14.4 Å². The summed E-state index contributed by atoms with van der Waals surface area (Å²) in [5.41, 5.74) is 0.105. The second kappa shape index (κ2) is 8.27. The molecule has 0 bridgehead atoms. The van der Waals surface area contributed by atoms with E-state index >= 15 is 0 Å². The third kappa shape index (κ3) is 5.11. The van der Waals surface area contributed by atoms with Crippen LogP contribution < -0.4 is 10.6 Å². The van der Waals surface area contributed by atoms with Gasteiger partial charge in [0.05, 0.1) is 16.0 Å². The third-order valence-electron chi connectivity index (χ3n) is 4.20. The van der Waals surface area contributed by atoms with E-state index in [0.29, 0.717) is 22.2 Å². The molecule has 3 amide bonds. The molecule has 26 heavy (non-hydrogen) atoms. The summed E-state index contributed by atoms with van der Waals surface area (Å²) in [5.74, 6) is -0.834. The predicted octanol–water partition coefficient (Wildman–Crippen LogP) is 2.49. The van der Waals surface area contributed by atoms with Gasteiger partial charge in [-0.1, -0.05) is 23.2 Å². The number of rotatable bonds is 5. The van der Waals surface area contributed by atoms with Crippen LogP contribution in [0, 0.1) is 5.92 Å². The fraction of sp³-hybridized carbons (Fsp3) is 0.500. The Labute approximate surface area is 163 Å². The molecule has 0 saturated carbocycles. The highest BCUT2D eigenvalue weighted by molar-refractivity contribution is 6.42. The lowest BCUT2D eigenvalue weighted by Gasteiger charge is -2.31. The lowest BCUT2D eigenvalue weighted by atomic mass is 10.1. The molecule has 0 radical (unpaired) electrons. The van der Waals surface area contributed by atoms with Gasteiger partial charge in [0.1, 0.15) is 0 Å². The Kier molecular flexibility index (Phi) is 6.53. The molecular weight excluding hydrogens is 377 g/mol. The van der Waals surface area contributed by atoms with Gasteiger partial charge in [0.25, 0.3) is 5.91 Å². The van der Waals surface area contributed by atoms with Crippen LogP contribution in [0.25, 0.3) is 0 Å². The van der Waals surface area contributed by atoms with E-state index < -0.39 is 0 Å². The van der Waals surface area contributed by atoms with Crippen molar-refractivity contribution in [2.75, 3.05) is 19.6 Å². The molecule has 8 heteroatoms. The number of carbonyl (C=O) groups excluding carboxylic acids is 3. The minimum atomic E-state index is -0.354. The van der Waals surface area contributed by atoms with Crippen LogP contribution in [0.3, 0.4) is 0 Å². The number of amides is 3. The molecule has 0 aliphatic carbocycles. The summed E-state index contributed by atoms with van der Waals surface area (Å²) in [6.45, 7) is 6.82. The zero-order valence-corrected chi connectivity index (χ0v) is 16.6. The van der Waals surface area contributed by atoms with Crippen molar-refractivity contribution in [3.63, 3.8) is 0 Å². The van der Waals surface area contributed by atoms with Crippen molar-refractivity contribution in [3.8, 4) is 0 Å². The van der Waals surface area contributed by atoms with Crippen molar-refractivity contribution >= 4 is 40.9 Å². The summed E-state index contributed by atoms with van der Waals surface area (Å²) in [5, 5.41) is 6.15. The van der Waals surface area contributed by atoms with Crippen LogP contribution in [-0.4, -0.2) is 47.8 Å². The van der Waals surface area contributed by atoms with E-state index in [4.69, 9.17) is 23.2 Å². The van der Waals surface area contributed by atoms with Gasteiger partial charge in [-0.15, -0.1) is 0 Å². The van der Waals surface area contributed by atoms with E-state index in [0.717, 1.165) is 0 Å². The van der Waals surface area contributed by atoms with Crippen molar-refractivity contribution in [2.24, 2.45) is 5.92 Å². The van der Waals surface area contributed by atoms with Crippen molar-refractivity contribution < 1.29 is 14.4 Å². The van der Waals surface area contributed by atoms with Crippen LogP contribution in [0.1, 0.15) is 37.6 Å². The zero-order chi connectivity index (χ0) is 19.5. The Morgan fingerprint density at radius 2 is 1.81 bits per heavy atom. The number of carbonyl (C=O) groups is 3. The normalized spacial score (nSPS) is 17.3. The van der Waals surface area contributed by atoms with E-state index in [1.165, 1.54) is 6.07 Å². The molecule has 1 heterocycles. The Hall–Kier alpha value is -1.79. The van der Waals surface area contributed by atoms with Crippen LogP contribution in [0.15, 0.2) is 18.2 Å². The summed E-state index contributed by atoms with van der Waals surface area (Å²) in [6.07, 6.45) is 0.221. The first-order valence-corrected chi connectivity index (χ1v) is 9.16. The average molecular weight is 400 g/mol. The highest BCUT2D eigenvalue weighted by Gasteiger charge is 2.39. The van der Waals surface area contributed by atoms with Gasteiger partial charge in [-0.25, -0.2) is 0 Å². The fourth-order valence-electron chi connectivity index (χ4n) is 2.78. The Morgan fingerprint density at radius 3 is 2.38 bits per heavy atom. The molecule has 1 aromatic rings.